The summed E-state index contributed by atoms with van der Waals surface area (Å²) >= 11 is 0. The maximum absolute atomic E-state index is 12.7. The summed E-state index contributed by atoms with van der Waals surface area (Å²) in [5.41, 5.74) is 0. The van der Waals surface area contributed by atoms with E-state index in [0.29, 0.717) is 19.3 Å². The molecule has 6 heteroatoms. The van der Waals surface area contributed by atoms with Crippen LogP contribution in [0.15, 0.2) is 0 Å². The first-order valence-corrected chi connectivity index (χ1v) is 23.8. The Balaban J connectivity index is 4.11. The summed E-state index contributed by atoms with van der Waals surface area (Å²) in [5, 5.41) is 0. The monoisotopic (exact) mass is 765 g/mol. The van der Waals surface area contributed by atoms with E-state index in [1.54, 1.807) is 0 Å². The molecule has 0 saturated heterocycles. The quantitative estimate of drug-likeness (QED) is 0.0350. The molecule has 0 rings (SSSR count). The van der Waals surface area contributed by atoms with Crippen molar-refractivity contribution in [3.05, 3.63) is 0 Å². The van der Waals surface area contributed by atoms with Gasteiger partial charge in [0.2, 0.25) is 0 Å². The molecule has 0 N–H and O–H groups in total. The molecule has 0 spiro atoms. The highest BCUT2D eigenvalue weighted by molar-refractivity contribution is 5.71. The Labute approximate surface area is 336 Å². The van der Waals surface area contributed by atoms with Crippen molar-refractivity contribution in [3.63, 3.8) is 0 Å². The number of ether oxygens (including phenoxy) is 3. The zero-order valence-electron chi connectivity index (χ0n) is 36.8. The van der Waals surface area contributed by atoms with Crippen LogP contribution in [0.5, 0.6) is 0 Å². The van der Waals surface area contributed by atoms with Crippen molar-refractivity contribution in [1.82, 2.24) is 0 Å². The highest BCUT2D eigenvalue weighted by Crippen LogP contribution is 2.17. The zero-order valence-corrected chi connectivity index (χ0v) is 36.8. The van der Waals surface area contributed by atoms with Gasteiger partial charge >= 0.3 is 17.9 Å². The topological polar surface area (TPSA) is 78.9 Å². The molecule has 0 saturated carbocycles. The van der Waals surface area contributed by atoms with Crippen LogP contribution >= 0.6 is 0 Å². The number of hydrogen-bond acceptors (Lipinski definition) is 6. The first-order valence-electron chi connectivity index (χ1n) is 23.8. The SMILES string of the molecule is CCCCCCCC(=O)OC[C@@H](COC(=O)CCCCCCCCCCCCCCCCCCC(C)C)OC(=O)CCCCCCCCCCC(C)CC. The average Bonchev–Trinajstić information content (AvgIpc) is 3.15. The van der Waals surface area contributed by atoms with Gasteiger partial charge < -0.3 is 14.2 Å². The first-order chi connectivity index (χ1) is 26.3. The molecule has 2 atom stereocenters. The van der Waals surface area contributed by atoms with Crippen LogP contribution in [0.2, 0.25) is 0 Å². The minimum Gasteiger partial charge on any atom is -0.462 e. The molecule has 0 fully saturated rings. The van der Waals surface area contributed by atoms with Crippen molar-refractivity contribution < 1.29 is 28.6 Å². The molecule has 0 amide bonds. The Hall–Kier alpha value is -1.59. The normalized spacial score (nSPS) is 12.6. The first kappa shape index (κ1) is 52.4. The van der Waals surface area contributed by atoms with Gasteiger partial charge in [-0.3, -0.25) is 14.4 Å². The van der Waals surface area contributed by atoms with Gasteiger partial charge in [-0.05, 0) is 31.1 Å². The van der Waals surface area contributed by atoms with Gasteiger partial charge in [-0.15, -0.1) is 0 Å². The van der Waals surface area contributed by atoms with Crippen LogP contribution in [0.1, 0.15) is 259 Å². The Morgan fingerprint density at radius 2 is 0.704 bits per heavy atom. The predicted molar refractivity (Wildman–Crippen MR) is 229 cm³/mol. The van der Waals surface area contributed by atoms with Gasteiger partial charge in [-0.1, -0.05) is 221 Å². The Bertz CT molecular complexity index is 826. The second-order valence-corrected chi connectivity index (χ2v) is 17.1. The Kier molecular flexibility index (Phi) is 39.8. The molecular weight excluding hydrogens is 673 g/mol. The lowest BCUT2D eigenvalue weighted by atomic mass is 9.99. The van der Waals surface area contributed by atoms with Crippen LogP contribution in [0.4, 0.5) is 0 Å². The summed E-state index contributed by atoms with van der Waals surface area (Å²) in [5.74, 6) is 0.828. The third-order valence-corrected chi connectivity index (χ3v) is 11.1. The van der Waals surface area contributed by atoms with Gasteiger partial charge in [0.15, 0.2) is 6.10 Å². The Morgan fingerprint density at radius 3 is 1.06 bits per heavy atom. The molecule has 1 unspecified atom stereocenters. The van der Waals surface area contributed by atoms with Crippen molar-refractivity contribution in [1.29, 1.82) is 0 Å². The minimum atomic E-state index is -0.759. The van der Waals surface area contributed by atoms with Crippen LogP contribution in [-0.2, 0) is 28.6 Å². The Morgan fingerprint density at radius 1 is 0.389 bits per heavy atom. The number of carbonyl (C=O) groups is 3. The summed E-state index contributed by atoms with van der Waals surface area (Å²) < 4.78 is 16.6. The van der Waals surface area contributed by atoms with E-state index >= 15 is 0 Å². The number of unbranched alkanes of at least 4 members (excludes halogenated alkanes) is 26. The van der Waals surface area contributed by atoms with Crippen molar-refractivity contribution >= 4 is 17.9 Å². The average molecular weight is 765 g/mol. The van der Waals surface area contributed by atoms with Crippen LogP contribution < -0.4 is 0 Å². The summed E-state index contributed by atoms with van der Waals surface area (Å²) in [7, 11) is 0. The lowest BCUT2D eigenvalue weighted by molar-refractivity contribution is -0.167. The van der Waals surface area contributed by atoms with Crippen LogP contribution in [-0.4, -0.2) is 37.2 Å². The van der Waals surface area contributed by atoms with Crippen molar-refractivity contribution in [2.45, 2.75) is 265 Å². The summed E-state index contributed by atoms with van der Waals surface area (Å²) in [6, 6.07) is 0. The minimum absolute atomic E-state index is 0.0656. The van der Waals surface area contributed by atoms with Gasteiger partial charge in [0, 0.05) is 19.3 Å². The molecule has 0 aliphatic rings. The number of hydrogen-bond donors (Lipinski definition) is 0. The van der Waals surface area contributed by atoms with Gasteiger partial charge in [0.25, 0.3) is 0 Å². The van der Waals surface area contributed by atoms with Crippen LogP contribution in [0, 0.1) is 11.8 Å². The molecule has 54 heavy (non-hydrogen) atoms. The van der Waals surface area contributed by atoms with E-state index < -0.39 is 6.10 Å². The molecule has 0 bridgehead atoms. The second kappa shape index (κ2) is 41.1. The smallest absolute Gasteiger partial charge is 0.306 e. The van der Waals surface area contributed by atoms with E-state index in [9.17, 15) is 14.4 Å². The standard InChI is InChI=1S/C48H92O6/c1-6-8-9-26-33-38-46(49)52-41-45(54-48(51)40-35-30-25-21-20-23-28-32-37-44(5)7-2)42-53-47(50)39-34-29-24-19-17-15-13-11-10-12-14-16-18-22-27-31-36-43(3)4/h43-45H,6-42H2,1-5H3/t44?,45-/m0/s1. The lowest BCUT2D eigenvalue weighted by Gasteiger charge is -2.18. The largest absolute Gasteiger partial charge is 0.462 e. The molecule has 0 heterocycles. The molecular formula is C48H92O6. The van der Waals surface area contributed by atoms with Crippen molar-refractivity contribution in [2.75, 3.05) is 13.2 Å². The van der Waals surface area contributed by atoms with Gasteiger partial charge in [-0.2, -0.15) is 0 Å². The summed E-state index contributed by atoms with van der Waals surface area (Å²) in [6.07, 6.45) is 39.8. The van der Waals surface area contributed by atoms with E-state index in [2.05, 4.69) is 34.6 Å². The number of esters is 3. The predicted octanol–water partition coefficient (Wildman–Crippen LogP) is 15.0. The van der Waals surface area contributed by atoms with Gasteiger partial charge in [-0.25, -0.2) is 0 Å². The van der Waals surface area contributed by atoms with Crippen molar-refractivity contribution in [3.8, 4) is 0 Å². The molecule has 0 aromatic carbocycles. The van der Waals surface area contributed by atoms with Crippen LogP contribution in [0.25, 0.3) is 0 Å². The van der Waals surface area contributed by atoms with Gasteiger partial charge in [0.1, 0.15) is 13.2 Å². The fraction of sp³-hybridized carbons (Fsp3) is 0.938. The van der Waals surface area contributed by atoms with Crippen LogP contribution in [0.3, 0.4) is 0 Å². The van der Waals surface area contributed by atoms with E-state index in [0.717, 1.165) is 76.0 Å². The lowest BCUT2D eigenvalue weighted by Crippen LogP contribution is -2.30. The zero-order chi connectivity index (χ0) is 39.7. The van der Waals surface area contributed by atoms with E-state index in [4.69, 9.17) is 14.2 Å². The fourth-order valence-corrected chi connectivity index (χ4v) is 7.07. The molecule has 0 aromatic heterocycles. The maximum Gasteiger partial charge on any atom is 0.306 e. The fourth-order valence-electron chi connectivity index (χ4n) is 7.07. The second-order valence-electron chi connectivity index (χ2n) is 17.1. The van der Waals surface area contributed by atoms with Gasteiger partial charge in [0.05, 0.1) is 0 Å². The molecule has 0 aliphatic carbocycles. The highest BCUT2D eigenvalue weighted by Gasteiger charge is 2.19. The summed E-state index contributed by atoms with van der Waals surface area (Å²) in [6.45, 7) is 11.3. The number of carbonyl (C=O) groups excluding carboxylic acids is 3. The van der Waals surface area contributed by atoms with E-state index in [1.807, 2.05) is 0 Å². The molecule has 0 aliphatic heterocycles. The molecule has 320 valence electrons. The maximum atomic E-state index is 12.7. The van der Waals surface area contributed by atoms with E-state index in [1.165, 1.54) is 141 Å². The van der Waals surface area contributed by atoms with Crippen molar-refractivity contribution in [2.24, 2.45) is 11.8 Å². The molecule has 6 nitrogen and oxygen atoms in total. The summed E-state index contributed by atoms with van der Waals surface area (Å²) in [4.78, 5) is 37.5. The molecule has 0 aromatic rings. The highest BCUT2D eigenvalue weighted by atomic mass is 16.6. The molecule has 0 radical (unpaired) electrons. The number of rotatable bonds is 42. The van der Waals surface area contributed by atoms with E-state index in [-0.39, 0.29) is 31.1 Å². The third-order valence-electron chi connectivity index (χ3n) is 11.1. The third kappa shape index (κ3) is 40.1.